The van der Waals surface area contributed by atoms with Gasteiger partial charge in [-0.05, 0) is 29.7 Å². The van der Waals surface area contributed by atoms with E-state index in [1.54, 1.807) is 0 Å². The maximum atomic E-state index is 12.4. The normalized spacial score (nSPS) is 16.2. The van der Waals surface area contributed by atoms with Crippen LogP contribution >= 0.6 is 0 Å². The first-order valence-corrected chi connectivity index (χ1v) is 9.28. The van der Waals surface area contributed by atoms with E-state index in [9.17, 15) is 9.59 Å². The molecular formula is C22H24N2O4. The van der Waals surface area contributed by atoms with E-state index in [0.717, 1.165) is 17.5 Å². The number of nitrogens with one attached hydrogen (secondary N) is 2. The topological polar surface area (TPSA) is 76.7 Å². The van der Waals surface area contributed by atoms with E-state index in [0.29, 0.717) is 30.0 Å². The van der Waals surface area contributed by atoms with Gasteiger partial charge in [-0.15, -0.1) is 0 Å². The van der Waals surface area contributed by atoms with Gasteiger partial charge in [-0.3, -0.25) is 0 Å². The molecule has 3 rings (SSSR count). The summed E-state index contributed by atoms with van der Waals surface area (Å²) in [5, 5.41) is 5.56. The maximum absolute atomic E-state index is 12.4. The molecule has 2 aromatic rings. The summed E-state index contributed by atoms with van der Waals surface area (Å²) >= 11 is 0. The predicted molar refractivity (Wildman–Crippen MR) is 106 cm³/mol. The van der Waals surface area contributed by atoms with Crippen molar-refractivity contribution in [2.24, 2.45) is 0 Å². The Bertz CT molecular complexity index is 877. The summed E-state index contributed by atoms with van der Waals surface area (Å²) in [4.78, 5) is 24.6. The number of methoxy groups -OCH3 is 1. The molecule has 0 fully saturated rings. The summed E-state index contributed by atoms with van der Waals surface area (Å²) in [5.41, 5.74) is 2.83. The Labute approximate surface area is 164 Å². The molecule has 2 amide bonds. The Morgan fingerprint density at radius 3 is 2.61 bits per heavy atom. The van der Waals surface area contributed by atoms with Gasteiger partial charge in [0.2, 0.25) is 0 Å². The van der Waals surface area contributed by atoms with Gasteiger partial charge < -0.3 is 20.1 Å². The zero-order valence-corrected chi connectivity index (χ0v) is 16.0. The van der Waals surface area contributed by atoms with Crippen LogP contribution < -0.4 is 15.4 Å². The number of benzene rings is 2. The van der Waals surface area contributed by atoms with Gasteiger partial charge in [-0.25, -0.2) is 9.59 Å². The summed E-state index contributed by atoms with van der Waals surface area (Å²) in [6, 6.07) is 16.3. The monoisotopic (exact) mass is 380 g/mol. The number of hydrogen-bond donors (Lipinski definition) is 2. The maximum Gasteiger partial charge on any atom is 0.337 e. The highest BCUT2D eigenvalue weighted by atomic mass is 16.5. The SMILES string of the molecule is CCCC1=C(C(=O)OC)C(c2cccc(OCc3ccccc3)c2)NC(=O)N1. The molecule has 1 atom stereocenters. The molecule has 0 spiro atoms. The molecule has 28 heavy (non-hydrogen) atoms. The lowest BCUT2D eigenvalue weighted by Gasteiger charge is -2.29. The van der Waals surface area contributed by atoms with Crippen molar-refractivity contribution in [3.05, 3.63) is 77.0 Å². The number of urea groups is 1. The van der Waals surface area contributed by atoms with E-state index in [1.165, 1.54) is 7.11 Å². The number of carbonyl (C=O) groups is 2. The third-order valence-electron chi connectivity index (χ3n) is 4.50. The lowest BCUT2D eigenvalue weighted by atomic mass is 9.93. The Hall–Kier alpha value is -3.28. The van der Waals surface area contributed by atoms with E-state index in [2.05, 4.69) is 10.6 Å². The smallest absolute Gasteiger partial charge is 0.337 e. The molecule has 0 radical (unpaired) electrons. The average molecular weight is 380 g/mol. The molecule has 2 N–H and O–H groups in total. The fraction of sp³-hybridized carbons (Fsp3) is 0.273. The number of allylic oxidation sites excluding steroid dienone is 1. The molecule has 6 heteroatoms. The van der Waals surface area contributed by atoms with Crippen LogP contribution in [0.3, 0.4) is 0 Å². The van der Waals surface area contributed by atoms with Crippen molar-refractivity contribution in [3.8, 4) is 5.75 Å². The van der Waals surface area contributed by atoms with Crippen molar-refractivity contribution >= 4 is 12.0 Å². The fourth-order valence-electron chi connectivity index (χ4n) is 3.19. The van der Waals surface area contributed by atoms with Crippen LogP contribution in [0.5, 0.6) is 5.75 Å². The summed E-state index contributed by atoms with van der Waals surface area (Å²) in [6.07, 6.45) is 1.38. The van der Waals surface area contributed by atoms with Crippen LogP contribution in [0.25, 0.3) is 0 Å². The lowest BCUT2D eigenvalue weighted by Crippen LogP contribution is -2.45. The third-order valence-corrected chi connectivity index (χ3v) is 4.50. The van der Waals surface area contributed by atoms with Gasteiger partial charge in [-0.2, -0.15) is 0 Å². The van der Waals surface area contributed by atoms with E-state index in [1.807, 2.05) is 61.5 Å². The zero-order valence-electron chi connectivity index (χ0n) is 16.0. The zero-order chi connectivity index (χ0) is 19.9. The molecule has 1 unspecified atom stereocenters. The molecular weight excluding hydrogens is 356 g/mol. The van der Waals surface area contributed by atoms with Gasteiger partial charge >= 0.3 is 12.0 Å². The summed E-state index contributed by atoms with van der Waals surface area (Å²) in [6.45, 7) is 2.42. The van der Waals surface area contributed by atoms with Crippen molar-refractivity contribution in [2.75, 3.05) is 7.11 Å². The van der Waals surface area contributed by atoms with Gasteiger partial charge in [-0.1, -0.05) is 55.8 Å². The Kier molecular flexibility index (Phi) is 6.32. The molecule has 0 saturated carbocycles. The molecule has 1 aliphatic rings. The van der Waals surface area contributed by atoms with Crippen molar-refractivity contribution in [2.45, 2.75) is 32.4 Å². The average Bonchev–Trinajstić information content (AvgIpc) is 2.72. The highest BCUT2D eigenvalue weighted by molar-refractivity contribution is 5.95. The van der Waals surface area contributed by atoms with Crippen LogP contribution in [0.15, 0.2) is 65.9 Å². The fourth-order valence-corrected chi connectivity index (χ4v) is 3.19. The van der Waals surface area contributed by atoms with Crippen molar-refractivity contribution in [1.82, 2.24) is 10.6 Å². The minimum atomic E-state index is -0.594. The second-order valence-electron chi connectivity index (χ2n) is 6.51. The van der Waals surface area contributed by atoms with Gasteiger partial charge in [0, 0.05) is 5.70 Å². The first-order chi connectivity index (χ1) is 13.6. The minimum Gasteiger partial charge on any atom is -0.489 e. The van der Waals surface area contributed by atoms with Gasteiger partial charge in [0.1, 0.15) is 12.4 Å². The van der Waals surface area contributed by atoms with Crippen LogP contribution in [-0.4, -0.2) is 19.1 Å². The Balaban J connectivity index is 1.88. The van der Waals surface area contributed by atoms with E-state index in [-0.39, 0.29) is 6.03 Å². The first-order valence-electron chi connectivity index (χ1n) is 9.28. The number of amides is 2. The quantitative estimate of drug-likeness (QED) is 0.716. The third kappa shape index (κ3) is 4.52. The van der Waals surface area contributed by atoms with Crippen LogP contribution in [-0.2, 0) is 16.1 Å². The van der Waals surface area contributed by atoms with Crippen LogP contribution in [0.2, 0.25) is 0 Å². The molecule has 2 aromatic carbocycles. The number of hydrogen-bond acceptors (Lipinski definition) is 4. The van der Waals surface area contributed by atoms with Gasteiger partial charge in [0.15, 0.2) is 0 Å². The molecule has 1 heterocycles. The van der Waals surface area contributed by atoms with Crippen molar-refractivity contribution in [3.63, 3.8) is 0 Å². The standard InChI is InChI=1S/C22H24N2O4/c1-3-8-18-19(21(25)27-2)20(24-22(26)23-18)16-11-7-12-17(13-16)28-14-15-9-5-4-6-10-15/h4-7,9-13,20H,3,8,14H2,1-2H3,(H2,23,24,26). The Morgan fingerprint density at radius 2 is 1.89 bits per heavy atom. The largest absolute Gasteiger partial charge is 0.489 e. The van der Waals surface area contributed by atoms with Gasteiger partial charge in [0.25, 0.3) is 0 Å². The molecule has 0 aromatic heterocycles. The molecule has 146 valence electrons. The van der Waals surface area contributed by atoms with E-state index >= 15 is 0 Å². The van der Waals surface area contributed by atoms with Crippen molar-refractivity contribution in [1.29, 1.82) is 0 Å². The Morgan fingerprint density at radius 1 is 1.11 bits per heavy atom. The predicted octanol–water partition coefficient (Wildman–Crippen LogP) is 3.85. The second-order valence-corrected chi connectivity index (χ2v) is 6.51. The first kappa shape index (κ1) is 19.5. The highest BCUT2D eigenvalue weighted by Crippen LogP contribution is 2.31. The summed E-state index contributed by atoms with van der Waals surface area (Å²) in [5.74, 6) is 0.201. The molecule has 0 saturated heterocycles. The van der Waals surface area contributed by atoms with Crippen LogP contribution in [0.4, 0.5) is 4.79 Å². The number of ether oxygens (including phenoxy) is 2. The second kappa shape index (κ2) is 9.08. The summed E-state index contributed by atoms with van der Waals surface area (Å²) < 4.78 is 10.9. The molecule has 1 aliphatic heterocycles. The number of carbonyl (C=O) groups excluding carboxylic acids is 2. The summed E-state index contributed by atoms with van der Waals surface area (Å²) in [7, 11) is 1.34. The molecule has 0 bridgehead atoms. The molecule has 0 aliphatic carbocycles. The lowest BCUT2D eigenvalue weighted by molar-refractivity contribution is -0.136. The number of esters is 1. The van der Waals surface area contributed by atoms with E-state index < -0.39 is 12.0 Å². The van der Waals surface area contributed by atoms with E-state index in [4.69, 9.17) is 9.47 Å². The van der Waals surface area contributed by atoms with Crippen LogP contribution in [0.1, 0.15) is 36.9 Å². The highest BCUT2D eigenvalue weighted by Gasteiger charge is 2.33. The molecule has 6 nitrogen and oxygen atoms in total. The van der Waals surface area contributed by atoms with Crippen LogP contribution in [0, 0.1) is 0 Å². The minimum absolute atomic E-state index is 0.336. The number of rotatable bonds is 7. The van der Waals surface area contributed by atoms with Crippen molar-refractivity contribution < 1.29 is 19.1 Å². The van der Waals surface area contributed by atoms with Gasteiger partial charge in [0.05, 0.1) is 18.7 Å².